The molecule has 8 nitrogen and oxygen atoms in total. The van der Waals surface area contributed by atoms with Gasteiger partial charge in [-0.15, -0.1) is 0 Å². The number of imidazole rings is 1. The van der Waals surface area contributed by atoms with E-state index in [1.54, 1.807) is 24.3 Å². The number of carboxylic acids is 1. The van der Waals surface area contributed by atoms with E-state index in [1.165, 1.54) is 25.3 Å². The van der Waals surface area contributed by atoms with Gasteiger partial charge in [0.15, 0.2) is 0 Å². The van der Waals surface area contributed by atoms with E-state index in [4.69, 9.17) is 10.1 Å². The van der Waals surface area contributed by atoms with E-state index in [2.05, 4.69) is 34.3 Å². The number of carbonyl (C=O) groups excluding carboxylic acids is 2. The van der Waals surface area contributed by atoms with Crippen LogP contribution in [0.25, 0.3) is 28.5 Å². The van der Waals surface area contributed by atoms with Gasteiger partial charge in [0, 0.05) is 28.9 Å². The minimum Gasteiger partial charge on any atom is -0.478 e. The topological polar surface area (TPSA) is 113 Å². The second-order valence-electron chi connectivity index (χ2n) is 12.2. The molecule has 0 radical (unpaired) electrons. The molecule has 6 rings (SSSR count). The fourth-order valence-corrected chi connectivity index (χ4v) is 6.82. The Morgan fingerprint density at radius 3 is 2.36 bits per heavy atom. The van der Waals surface area contributed by atoms with Crippen molar-refractivity contribution in [3.63, 3.8) is 0 Å². The largest absolute Gasteiger partial charge is 0.478 e. The van der Waals surface area contributed by atoms with Crippen LogP contribution in [-0.4, -0.2) is 38.0 Å². The number of fused-ring (bicyclic) bond motifs is 1. The number of benzene rings is 3. The third-order valence-electron chi connectivity index (χ3n) is 9.21. The number of rotatable bonds is 8. The van der Waals surface area contributed by atoms with Crippen molar-refractivity contribution < 1.29 is 19.5 Å². The molecule has 8 heteroatoms. The number of aliphatic carboxylic acids is 1. The zero-order valence-corrected chi connectivity index (χ0v) is 25.0. The minimum atomic E-state index is -1.02. The van der Waals surface area contributed by atoms with E-state index >= 15 is 0 Å². The number of hydrogen-bond donors (Lipinski definition) is 3. The van der Waals surface area contributed by atoms with E-state index in [-0.39, 0.29) is 11.8 Å². The van der Waals surface area contributed by atoms with E-state index in [0.29, 0.717) is 41.6 Å². The molecule has 0 saturated heterocycles. The van der Waals surface area contributed by atoms with Crippen LogP contribution in [0.1, 0.15) is 80.3 Å². The monoisotopic (exact) mass is 590 g/mol. The van der Waals surface area contributed by atoms with Gasteiger partial charge < -0.3 is 20.3 Å². The Labute approximate surface area is 257 Å². The Bertz CT molecular complexity index is 1700. The first-order chi connectivity index (χ1) is 21.3. The van der Waals surface area contributed by atoms with Crippen LogP contribution in [0.15, 0.2) is 78.9 Å². The SMILES string of the molecule is C[C@@H]1CCCC[C@H]1n1c(-c2ccccc2)nc2cc(C(=O)NC3(C(=O)Nc4ccc(/C=C/C(=O)O)cc4)CCCC3)ccc21. The zero-order chi connectivity index (χ0) is 30.7. The van der Waals surface area contributed by atoms with Gasteiger partial charge in [-0.1, -0.05) is 75.1 Å². The average molecular weight is 591 g/mol. The third-order valence-corrected chi connectivity index (χ3v) is 9.21. The molecule has 0 unspecified atom stereocenters. The summed E-state index contributed by atoms with van der Waals surface area (Å²) in [5.41, 5.74) is 3.61. The molecule has 2 fully saturated rings. The molecule has 0 spiro atoms. The highest BCUT2D eigenvalue weighted by atomic mass is 16.4. The predicted octanol–water partition coefficient (Wildman–Crippen LogP) is 7.23. The summed E-state index contributed by atoms with van der Waals surface area (Å²) < 4.78 is 2.38. The van der Waals surface area contributed by atoms with Crippen molar-refractivity contribution in [2.45, 2.75) is 69.9 Å². The Morgan fingerprint density at radius 2 is 1.66 bits per heavy atom. The second-order valence-corrected chi connectivity index (χ2v) is 12.2. The summed E-state index contributed by atoms with van der Waals surface area (Å²) in [6, 6.07) is 23.2. The molecule has 2 amide bonds. The molecule has 1 aromatic heterocycles. The first-order valence-corrected chi connectivity index (χ1v) is 15.6. The lowest BCUT2D eigenvalue weighted by Crippen LogP contribution is -2.55. The molecule has 2 aliphatic rings. The highest BCUT2D eigenvalue weighted by molar-refractivity contribution is 6.05. The van der Waals surface area contributed by atoms with Crippen molar-refractivity contribution in [1.82, 2.24) is 14.9 Å². The number of hydrogen-bond acceptors (Lipinski definition) is 4. The normalized spacial score (nSPS) is 19.7. The van der Waals surface area contributed by atoms with Crippen molar-refractivity contribution in [2.75, 3.05) is 5.32 Å². The maximum absolute atomic E-state index is 13.7. The summed E-state index contributed by atoms with van der Waals surface area (Å²) in [5, 5.41) is 14.9. The first-order valence-electron chi connectivity index (χ1n) is 15.6. The van der Waals surface area contributed by atoms with Gasteiger partial charge in [-0.05, 0) is 73.6 Å². The highest BCUT2D eigenvalue weighted by Gasteiger charge is 2.42. The molecule has 3 aromatic carbocycles. The standard InChI is InChI=1S/C36H38N4O4/c1-24-9-5-6-12-30(24)40-31-19-16-27(23-29(31)38-33(40)26-10-3-2-4-11-26)34(43)39-36(21-7-8-22-36)35(44)37-28-17-13-25(14-18-28)15-20-32(41)42/h2-4,10-11,13-20,23-24,30H,5-9,12,21-22H2,1H3,(H,37,44)(H,39,43)(H,41,42)/b20-15+/t24-,30-/m1/s1. The Morgan fingerprint density at radius 1 is 0.932 bits per heavy atom. The van der Waals surface area contributed by atoms with Crippen LogP contribution in [-0.2, 0) is 9.59 Å². The molecule has 2 aliphatic carbocycles. The van der Waals surface area contributed by atoms with Crippen molar-refractivity contribution in [3.05, 3.63) is 90.0 Å². The van der Waals surface area contributed by atoms with Crippen LogP contribution >= 0.6 is 0 Å². The van der Waals surface area contributed by atoms with Gasteiger partial charge >= 0.3 is 5.97 Å². The molecule has 4 aromatic rings. The van der Waals surface area contributed by atoms with E-state index in [0.717, 1.165) is 47.8 Å². The van der Waals surface area contributed by atoms with Gasteiger partial charge in [-0.2, -0.15) is 0 Å². The van der Waals surface area contributed by atoms with Crippen LogP contribution in [0, 0.1) is 5.92 Å². The highest BCUT2D eigenvalue weighted by Crippen LogP contribution is 2.39. The quantitative estimate of drug-likeness (QED) is 0.187. The molecule has 3 N–H and O–H groups in total. The summed E-state index contributed by atoms with van der Waals surface area (Å²) in [6.07, 6.45) is 10.1. The Balaban J connectivity index is 1.26. The number of nitrogens with one attached hydrogen (secondary N) is 2. The van der Waals surface area contributed by atoms with Gasteiger partial charge in [0.2, 0.25) is 5.91 Å². The lowest BCUT2D eigenvalue weighted by molar-refractivity contribution is -0.131. The Hall–Kier alpha value is -4.72. The molecule has 226 valence electrons. The molecule has 0 aliphatic heterocycles. The average Bonchev–Trinajstić information content (AvgIpc) is 3.67. The smallest absolute Gasteiger partial charge is 0.328 e. The molecule has 44 heavy (non-hydrogen) atoms. The van der Waals surface area contributed by atoms with Crippen molar-refractivity contribution >= 4 is 40.6 Å². The summed E-state index contributed by atoms with van der Waals surface area (Å²) in [4.78, 5) is 43.2. The maximum atomic E-state index is 13.7. The number of carbonyl (C=O) groups is 3. The third kappa shape index (κ3) is 6.02. The van der Waals surface area contributed by atoms with Crippen LogP contribution in [0.4, 0.5) is 5.69 Å². The molecule has 2 saturated carbocycles. The number of carboxylic acid groups (broad SMARTS) is 1. The van der Waals surface area contributed by atoms with E-state index in [1.807, 2.05) is 36.4 Å². The second kappa shape index (κ2) is 12.5. The fraction of sp³-hybridized carbons (Fsp3) is 0.333. The van der Waals surface area contributed by atoms with Gasteiger partial charge in [0.05, 0.1) is 11.0 Å². The lowest BCUT2D eigenvalue weighted by Gasteiger charge is -2.31. The van der Waals surface area contributed by atoms with Crippen LogP contribution in [0.5, 0.6) is 0 Å². The summed E-state index contributed by atoms with van der Waals surface area (Å²) >= 11 is 0. The van der Waals surface area contributed by atoms with Gasteiger partial charge in [0.25, 0.3) is 5.91 Å². The fourth-order valence-electron chi connectivity index (χ4n) is 6.82. The summed E-state index contributed by atoms with van der Waals surface area (Å²) in [5.74, 6) is -0.109. The minimum absolute atomic E-state index is 0.250. The predicted molar refractivity (Wildman–Crippen MR) is 172 cm³/mol. The maximum Gasteiger partial charge on any atom is 0.328 e. The number of nitrogens with zero attached hydrogens (tertiary/aromatic N) is 2. The molecule has 0 bridgehead atoms. The van der Waals surface area contributed by atoms with E-state index in [9.17, 15) is 14.4 Å². The summed E-state index contributed by atoms with van der Waals surface area (Å²) in [6.45, 7) is 2.32. The van der Waals surface area contributed by atoms with Gasteiger partial charge in [-0.3, -0.25) is 9.59 Å². The van der Waals surface area contributed by atoms with Gasteiger partial charge in [0.1, 0.15) is 11.4 Å². The van der Waals surface area contributed by atoms with Crippen molar-refractivity contribution in [2.24, 2.45) is 5.92 Å². The van der Waals surface area contributed by atoms with Crippen LogP contribution in [0.2, 0.25) is 0 Å². The van der Waals surface area contributed by atoms with Crippen LogP contribution < -0.4 is 10.6 Å². The Kier molecular flexibility index (Phi) is 8.33. The van der Waals surface area contributed by atoms with Crippen molar-refractivity contribution in [3.8, 4) is 11.4 Å². The molecule has 2 atom stereocenters. The molecule has 1 heterocycles. The number of aromatic nitrogens is 2. The lowest BCUT2D eigenvalue weighted by atomic mass is 9.85. The number of anilines is 1. The zero-order valence-electron chi connectivity index (χ0n) is 25.0. The molecular weight excluding hydrogens is 552 g/mol. The van der Waals surface area contributed by atoms with Gasteiger partial charge in [-0.25, -0.2) is 9.78 Å². The molecular formula is C36H38N4O4. The van der Waals surface area contributed by atoms with Crippen LogP contribution in [0.3, 0.4) is 0 Å². The first kappa shape index (κ1) is 29.4. The van der Waals surface area contributed by atoms with Crippen molar-refractivity contribution in [1.29, 1.82) is 0 Å². The summed E-state index contributed by atoms with van der Waals surface area (Å²) in [7, 11) is 0. The van der Waals surface area contributed by atoms with E-state index < -0.39 is 11.5 Å². The number of amides is 2.